The number of rotatable bonds is 3. The molecule has 1 aromatic rings. The highest BCUT2D eigenvalue weighted by molar-refractivity contribution is 7.88. The van der Waals surface area contributed by atoms with Crippen LogP contribution < -0.4 is 0 Å². The summed E-state index contributed by atoms with van der Waals surface area (Å²) in [5.74, 6) is 0. The second-order valence-electron chi connectivity index (χ2n) is 2.95. The van der Waals surface area contributed by atoms with Gasteiger partial charge in [-0.2, -0.15) is 25.3 Å². The van der Waals surface area contributed by atoms with Gasteiger partial charge in [0.1, 0.15) is 14.7 Å². The highest BCUT2D eigenvalue weighted by Crippen LogP contribution is 2.25. The molecule has 12 heteroatoms. The minimum absolute atomic E-state index is 0.0271. The second-order valence-corrected chi connectivity index (χ2v) is 6.99. The first kappa shape index (κ1) is 14.9. The lowest BCUT2D eigenvalue weighted by Gasteiger charge is -2.01. The van der Waals surface area contributed by atoms with Gasteiger partial charge in [-0.25, -0.2) is 0 Å². The predicted molar refractivity (Wildman–Crippen MR) is 51.3 cm³/mol. The van der Waals surface area contributed by atoms with E-state index in [1.54, 1.807) is 0 Å². The first-order valence-corrected chi connectivity index (χ1v) is 7.96. The minimum Gasteiger partial charge on any atom is -0.189 e. The van der Waals surface area contributed by atoms with E-state index in [1.807, 2.05) is 0 Å². The van der Waals surface area contributed by atoms with Gasteiger partial charge in [0.25, 0.3) is 0 Å². The van der Waals surface area contributed by atoms with Crippen LogP contribution in [0, 0.1) is 0 Å². The smallest absolute Gasteiger partial charge is 0.189 e. The molecule has 0 atom stereocenters. The number of halogens is 3. The maximum atomic E-state index is 12.6. The van der Waals surface area contributed by atoms with Crippen LogP contribution in [0.5, 0.6) is 0 Å². The molecule has 18 heavy (non-hydrogen) atoms. The number of hydrogen-bond acceptors (Lipinski definition) is 6. The Hall–Kier alpha value is -1.14. The summed E-state index contributed by atoms with van der Waals surface area (Å²) in [6.45, 7) is 0. The third-order valence-corrected chi connectivity index (χ3v) is 4.09. The maximum Gasteiger partial charge on any atom is 0.332 e. The molecule has 1 rings (SSSR count). The summed E-state index contributed by atoms with van der Waals surface area (Å²) in [5.41, 5.74) is 0. The standard InChI is InChI=1S/C6H3F3O6S3/c7-16(10,11)4-1-5(17(8,12)13)3-6(2-4)18(9,14)15/h1-3H. The van der Waals surface area contributed by atoms with Crippen LogP contribution in [0.3, 0.4) is 0 Å². The lowest BCUT2D eigenvalue weighted by molar-refractivity contribution is 0.547. The van der Waals surface area contributed by atoms with E-state index in [1.165, 1.54) is 0 Å². The van der Waals surface area contributed by atoms with Crippen molar-refractivity contribution in [2.45, 2.75) is 14.7 Å². The monoisotopic (exact) mass is 324 g/mol. The SMILES string of the molecule is O=S(=O)(F)c1cc(S(=O)(=O)F)cc(S(=O)(=O)F)c1. The molecule has 1 aromatic carbocycles. The molecule has 0 aliphatic rings. The van der Waals surface area contributed by atoms with Gasteiger partial charge in [0, 0.05) is 0 Å². The van der Waals surface area contributed by atoms with Crippen LogP contribution in [0.15, 0.2) is 32.9 Å². The number of hydrogen-bond donors (Lipinski definition) is 0. The Labute approximate surface area is 101 Å². The minimum atomic E-state index is -5.53. The van der Waals surface area contributed by atoms with Gasteiger partial charge in [-0.3, -0.25) is 0 Å². The summed E-state index contributed by atoms with van der Waals surface area (Å²) in [6, 6.07) is 0.0814. The van der Waals surface area contributed by atoms with Crippen LogP contribution in [-0.2, 0) is 30.7 Å². The summed E-state index contributed by atoms with van der Waals surface area (Å²) in [4.78, 5) is -4.47. The van der Waals surface area contributed by atoms with Crippen molar-refractivity contribution in [3.63, 3.8) is 0 Å². The summed E-state index contributed by atoms with van der Waals surface area (Å²) < 4.78 is 101. The Balaban J connectivity index is 3.82. The van der Waals surface area contributed by atoms with Crippen molar-refractivity contribution in [1.29, 1.82) is 0 Å². The van der Waals surface area contributed by atoms with Gasteiger partial charge < -0.3 is 0 Å². The predicted octanol–water partition coefficient (Wildman–Crippen LogP) is 0.661. The topological polar surface area (TPSA) is 102 Å². The average Bonchev–Trinajstić information content (AvgIpc) is 2.13. The molecular formula is C6H3F3O6S3. The summed E-state index contributed by atoms with van der Waals surface area (Å²) in [7, 11) is -16.6. The van der Waals surface area contributed by atoms with Gasteiger partial charge in [0.15, 0.2) is 0 Å². The van der Waals surface area contributed by atoms with Gasteiger partial charge in [0.05, 0.1) is 0 Å². The van der Waals surface area contributed by atoms with Crippen LogP contribution in [0.25, 0.3) is 0 Å². The van der Waals surface area contributed by atoms with E-state index in [0.717, 1.165) is 0 Å². The quantitative estimate of drug-likeness (QED) is 0.757. The van der Waals surface area contributed by atoms with E-state index >= 15 is 0 Å². The molecule has 0 saturated carbocycles. The van der Waals surface area contributed by atoms with E-state index in [4.69, 9.17) is 0 Å². The highest BCUT2D eigenvalue weighted by atomic mass is 32.3. The number of benzene rings is 1. The summed E-state index contributed by atoms with van der Waals surface area (Å²) >= 11 is 0. The summed E-state index contributed by atoms with van der Waals surface area (Å²) in [6.07, 6.45) is 0. The molecule has 102 valence electrons. The lowest BCUT2D eigenvalue weighted by atomic mass is 10.4. The van der Waals surface area contributed by atoms with E-state index in [2.05, 4.69) is 0 Å². The molecule has 0 aliphatic heterocycles. The van der Waals surface area contributed by atoms with Gasteiger partial charge in [0.2, 0.25) is 0 Å². The molecule has 0 N–H and O–H groups in total. The van der Waals surface area contributed by atoms with Crippen LogP contribution >= 0.6 is 0 Å². The Morgan fingerprint density at radius 2 is 0.722 bits per heavy atom. The molecular weight excluding hydrogens is 321 g/mol. The highest BCUT2D eigenvalue weighted by Gasteiger charge is 2.24. The van der Waals surface area contributed by atoms with Crippen LogP contribution in [0.4, 0.5) is 11.7 Å². The zero-order valence-electron chi connectivity index (χ0n) is 8.04. The maximum absolute atomic E-state index is 12.6. The molecule has 0 heterocycles. The largest absolute Gasteiger partial charge is 0.332 e. The molecule has 0 bridgehead atoms. The molecule has 6 nitrogen and oxygen atoms in total. The van der Waals surface area contributed by atoms with Crippen LogP contribution in [-0.4, -0.2) is 25.3 Å². The van der Waals surface area contributed by atoms with Crippen molar-refractivity contribution in [1.82, 2.24) is 0 Å². The molecule has 0 radical (unpaired) electrons. The van der Waals surface area contributed by atoms with Gasteiger partial charge >= 0.3 is 30.7 Å². The fourth-order valence-electron chi connectivity index (χ4n) is 0.968. The van der Waals surface area contributed by atoms with E-state index in [9.17, 15) is 36.9 Å². The van der Waals surface area contributed by atoms with Gasteiger partial charge in [-0.1, -0.05) is 0 Å². The fraction of sp³-hybridized carbons (Fsp3) is 0. The Kier molecular flexibility index (Phi) is 3.49. The normalized spacial score (nSPS) is 13.5. The molecule has 0 spiro atoms. The van der Waals surface area contributed by atoms with Crippen molar-refractivity contribution in [3.05, 3.63) is 18.2 Å². The van der Waals surface area contributed by atoms with Crippen molar-refractivity contribution < 1.29 is 36.9 Å². The molecule has 0 amide bonds. The lowest BCUT2D eigenvalue weighted by Crippen LogP contribution is -2.02. The van der Waals surface area contributed by atoms with E-state index in [0.29, 0.717) is 0 Å². The first-order chi connectivity index (χ1) is 7.82. The third kappa shape index (κ3) is 3.43. The van der Waals surface area contributed by atoms with E-state index < -0.39 is 45.4 Å². The first-order valence-electron chi connectivity index (χ1n) is 3.81. The van der Waals surface area contributed by atoms with Crippen molar-refractivity contribution in [2.24, 2.45) is 0 Å². The molecule has 0 saturated heterocycles. The van der Waals surface area contributed by atoms with E-state index in [-0.39, 0.29) is 18.2 Å². The summed E-state index contributed by atoms with van der Waals surface area (Å²) in [5, 5.41) is 0. The second kappa shape index (κ2) is 4.20. The van der Waals surface area contributed by atoms with Crippen LogP contribution in [0.1, 0.15) is 0 Å². The van der Waals surface area contributed by atoms with Crippen molar-refractivity contribution in [3.8, 4) is 0 Å². The zero-order chi connectivity index (χ0) is 14.4. The zero-order valence-corrected chi connectivity index (χ0v) is 10.5. The fourth-order valence-corrected chi connectivity index (χ4v) is 2.80. The molecule has 0 unspecified atom stereocenters. The molecule has 0 fully saturated rings. The van der Waals surface area contributed by atoms with Crippen molar-refractivity contribution >= 4 is 30.7 Å². The Morgan fingerprint density at radius 1 is 0.556 bits per heavy atom. The Bertz CT molecular complexity index is 671. The molecule has 0 aromatic heterocycles. The Morgan fingerprint density at radius 3 is 0.833 bits per heavy atom. The van der Waals surface area contributed by atoms with Gasteiger partial charge in [-0.15, -0.1) is 11.7 Å². The van der Waals surface area contributed by atoms with Crippen LogP contribution in [0.2, 0.25) is 0 Å². The average molecular weight is 324 g/mol. The third-order valence-electron chi connectivity index (χ3n) is 1.70. The molecule has 0 aliphatic carbocycles. The van der Waals surface area contributed by atoms with Gasteiger partial charge in [-0.05, 0) is 18.2 Å². The van der Waals surface area contributed by atoms with Crippen molar-refractivity contribution in [2.75, 3.05) is 0 Å².